The second-order valence-corrected chi connectivity index (χ2v) is 16.5. The zero-order valence-corrected chi connectivity index (χ0v) is 40.4. The quantitative estimate of drug-likeness (QED) is 0.0322. The fourth-order valence-electron chi connectivity index (χ4n) is 6.77. The van der Waals surface area contributed by atoms with Crippen LogP contribution in [0.1, 0.15) is 201 Å². The van der Waals surface area contributed by atoms with Crippen molar-refractivity contribution in [3.63, 3.8) is 0 Å². The van der Waals surface area contributed by atoms with Crippen molar-refractivity contribution >= 4 is 11.9 Å². The number of aliphatic hydroxyl groups excluding tert-OH is 2. The highest BCUT2D eigenvalue weighted by atomic mass is 16.5. The first-order chi connectivity index (χ1) is 31.0. The number of hydrogen-bond acceptors (Lipinski definition) is 5. The molecule has 0 heterocycles. The van der Waals surface area contributed by atoms with Crippen LogP contribution >= 0.6 is 0 Å². The summed E-state index contributed by atoms with van der Waals surface area (Å²) in [5, 5.41) is 23.7. The number of amides is 1. The average molecular weight is 872 g/mol. The van der Waals surface area contributed by atoms with Crippen molar-refractivity contribution in [2.45, 2.75) is 219 Å². The Morgan fingerprint density at radius 3 is 1.33 bits per heavy atom. The molecule has 0 saturated heterocycles. The highest BCUT2D eigenvalue weighted by Crippen LogP contribution is 2.15. The van der Waals surface area contributed by atoms with Gasteiger partial charge in [-0.3, -0.25) is 9.59 Å². The Labute approximate surface area is 387 Å². The van der Waals surface area contributed by atoms with Gasteiger partial charge < -0.3 is 20.3 Å². The lowest BCUT2D eigenvalue weighted by atomic mass is 10.0. The predicted molar refractivity (Wildman–Crippen MR) is 273 cm³/mol. The Morgan fingerprint density at radius 1 is 0.492 bits per heavy atom. The molecule has 0 aromatic carbocycles. The first-order valence-electron chi connectivity index (χ1n) is 25.3. The molecule has 0 aliphatic heterocycles. The van der Waals surface area contributed by atoms with E-state index in [0.717, 1.165) is 103 Å². The zero-order valence-electron chi connectivity index (χ0n) is 40.4. The number of rotatable bonds is 43. The Kier molecular flexibility index (Phi) is 46.4. The summed E-state index contributed by atoms with van der Waals surface area (Å²) in [6.07, 6.45) is 68.6. The third-order valence-corrected chi connectivity index (χ3v) is 10.5. The van der Waals surface area contributed by atoms with Crippen molar-refractivity contribution in [3.8, 4) is 0 Å². The minimum Gasteiger partial charge on any atom is -0.458 e. The Morgan fingerprint density at radius 2 is 0.889 bits per heavy atom. The molecule has 3 atom stereocenters. The first-order valence-corrected chi connectivity index (χ1v) is 25.3. The molecule has 63 heavy (non-hydrogen) atoms. The SMILES string of the molecule is CC/C=C\C/C=C\C/C=C\C/C=C\C/C=C\C/C=C\C(CC(=O)NC(CO)C(O)CCCCCCCCCCCCC)OC(=O)CCCCC/C=C/C/C=C/C/C=C/C/C=C/CC. The van der Waals surface area contributed by atoms with E-state index in [0.29, 0.717) is 19.3 Å². The zero-order chi connectivity index (χ0) is 45.9. The van der Waals surface area contributed by atoms with E-state index < -0.39 is 18.2 Å². The Balaban J connectivity index is 4.87. The van der Waals surface area contributed by atoms with Gasteiger partial charge in [-0.1, -0.05) is 213 Å². The lowest BCUT2D eigenvalue weighted by Crippen LogP contribution is -2.46. The maximum atomic E-state index is 13.2. The molecule has 0 aliphatic rings. The van der Waals surface area contributed by atoms with Crippen LogP contribution in [0.5, 0.6) is 0 Å². The molecule has 0 spiro atoms. The summed E-state index contributed by atoms with van der Waals surface area (Å²) in [6.45, 7) is 6.19. The van der Waals surface area contributed by atoms with E-state index in [1.807, 2.05) is 6.08 Å². The summed E-state index contributed by atoms with van der Waals surface area (Å²) in [6, 6.07) is -0.757. The van der Waals surface area contributed by atoms with Crippen LogP contribution in [0, 0.1) is 0 Å². The second kappa shape index (κ2) is 49.3. The van der Waals surface area contributed by atoms with E-state index in [4.69, 9.17) is 4.74 Å². The predicted octanol–water partition coefficient (Wildman–Crippen LogP) is 15.3. The van der Waals surface area contributed by atoms with Gasteiger partial charge in [0.1, 0.15) is 6.10 Å². The van der Waals surface area contributed by atoms with Gasteiger partial charge in [0.15, 0.2) is 0 Å². The molecule has 3 N–H and O–H groups in total. The highest BCUT2D eigenvalue weighted by Gasteiger charge is 2.23. The summed E-state index contributed by atoms with van der Waals surface area (Å²) >= 11 is 0. The molecule has 0 aromatic heterocycles. The first kappa shape index (κ1) is 59.3. The number of carbonyl (C=O) groups is 2. The molecule has 0 aromatic rings. The van der Waals surface area contributed by atoms with Crippen LogP contribution in [0.4, 0.5) is 0 Å². The van der Waals surface area contributed by atoms with E-state index in [-0.39, 0.29) is 24.9 Å². The lowest BCUT2D eigenvalue weighted by Gasteiger charge is -2.23. The fourth-order valence-corrected chi connectivity index (χ4v) is 6.77. The van der Waals surface area contributed by atoms with Crippen molar-refractivity contribution in [3.05, 3.63) is 122 Å². The van der Waals surface area contributed by atoms with Crippen LogP contribution in [0.2, 0.25) is 0 Å². The minimum absolute atomic E-state index is 0.0681. The largest absolute Gasteiger partial charge is 0.458 e. The number of nitrogens with one attached hydrogen (secondary N) is 1. The van der Waals surface area contributed by atoms with Gasteiger partial charge in [0.25, 0.3) is 0 Å². The number of allylic oxidation sites excluding steroid dienone is 19. The Hall–Kier alpha value is -3.74. The molecule has 0 saturated carbocycles. The van der Waals surface area contributed by atoms with Gasteiger partial charge >= 0.3 is 5.97 Å². The van der Waals surface area contributed by atoms with Crippen molar-refractivity contribution in [2.24, 2.45) is 0 Å². The summed E-state index contributed by atoms with van der Waals surface area (Å²) in [4.78, 5) is 26.1. The molecule has 0 rings (SSSR count). The fraction of sp³-hybridized carbons (Fsp3) is 0.614. The number of unbranched alkanes of at least 4 members (excludes halogenated alkanes) is 13. The Bertz CT molecular complexity index is 1350. The average Bonchev–Trinajstić information content (AvgIpc) is 3.28. The van der Waals surface area contributed by atoms with Crippen LogP contribution < -0.4 is 5.32 Å². The van der Waals surface area contributed by atoms with Gasteiger partial charge in [0, 0.05) is 6.42 Å². The molecule has 0 fully saturated rings. The van der Waals surface area contributed by atoms with Crippen LogP contribution in [0.3, 0.4) is 0 Å². The topological polar surface area (TPSA) is 95.9 Å². The molecule has 356 valence electrons. The minimum atomic E-state index is -0.832. The molecule has 6 nitrogen and oxygen atoms in total. The van der Waals surface area contributed by atoms with Gasteiger partial charge in [-0.15, -0.1) is 0 Å². The standard InChI is InChI=1S/C57H93NO5/c1-4-7-10-13-16-19-22-24-26-28-29-31-34-36-39-42-45-48-53(63-57(62)50-47-44-41-38-35-32-30-27-25-23-20-17-14-11-8-5-2)51-56(61)58-54(52-59)55(60)49-46-43-40-37-33-21-18-15-12-9-6-3/h7-8,10-11,16-17,19-20,24-27,29,31-32,35-36,39,45,48,53-55,59-60H,4-6,9,12-15,18,21-23,28,30,33-34,37-38,40-44,46-47,49-52H2,1-3H3,(H,58,61)/b10-7-,11-8+,19-16-,20-17+,26-24-,27-25+,31-29-,35-32+,39-36-,48-45-. The number of ether oxygens (including phenoxy) is 1. The maximum Gasteiger partial charge on any atom is 0.306 e. The second-order valence-electron chi connectivity index (χ2n) is 16.5. The summed E-state index contributed by atoms with van der Waals surface area (Å²) < 4.78 is 5.80. The number of hydrogen-bond donors (Lipinski definition) is 3. The molecule has 0 aliphatic carbocycles. The van der Waals surface area contributed by atoms with Gasteiger partial charge in [0.05, 0.1) is 25.2 Å². The number of esters is 1. The van der Waals surface area contributed by atoms with Gasteiger partial charge in [-0.2, -0.15) is 0 Å². The van der Waals surface area contributed by atoms with Gasteiger partial charge in [-0.25, -0.2) is 0 Å². The summed E-state index contributed by atoms with van der Waals surface area (Å²) in [5.74, 6) is -0.680. The van der Waals surface area contributed by atoms with E-state index in [1.54, 1.807) is 6.08 Å². The molecule has 0 radical (unpaired) electrons. The van der Waals surface area contributed by atoms with Gasteiger partial charge in [-0.05, 0) is 96.0 Å². The molecule has 0 bridgehead atoms. The molecule has 6 heteroatoms. The maximum absolute atomic E-state index is 13.2. The normalized spacial score (nSPS) is 14.3. The van der Waals surface area contributed by atoms with Crippen LogP contribution in [0.15, 0.2) is 122 Å². The van der Waals surface area contributed by atoms with Crippen molar-refractivity contribution in [1.29, 1.82) is 0 Å². The third kappa shape index (κ3) is 44.7. The lowest BCUT2D eigenvalue weighted by molar-refractivity contribution is -0.148. The molecule has 3 unspecified atom stereocenters. The van der Waals surface area contributed by atoms with Crippen LogP contribution in [-0.2, 0) is 14.3 Å². The van der Waals surface area contributed by atoms with Crippen molar-refractivity contribution in [1.82, 2.24) is 5.32 Å². The number of carbonyl (C=O) groups excluding carboxylic acids is 2. The highest BCUT2D eigenvalue weighted by molar-refractivity contribution is 5.78. The molecule has 1 amide bonds. The summed E-state index contributed by atoms with van der Waals surface area (Å²) in [7, 11) is 0. The van der Waals surface area contributed by atoms with E-state index in [1.165, 1.54) is 51.4 Å². The van der Waals surface area contributed by atoms with E-state index >= 15 is 0 Å². The van der Waals surface area contributed by atoms with Crippen molar-refractivity contribution in [2.75, 3.05) is 6.61 Å². The molecular weight excluding hydrogens is 779 g/mol. The van der Waals surface area contributed by atoms with Gasteiger partial charge in [0.2, 0.25) is 5.91 Å². The summed E-state index contributed by atoms with van der Waals surface area (Å²) in [5.41, 5.74) is 0. The van der Waals surface area contributed by atoms with Crippen LogP contribution in [0.25, 0.3) is 0 Å². The molecular formula is C57H93NO5. The smallest absolute Gasteiger partial charge is 0.306 e. The monoisotopic (exact) mass is 872 g/mol. The van der Waals surface area contributed by atoms with Crippen molar-refractivity contribution < 1.29 is 24.5 Å². The number of aliphatic hydroxyl groups is 2. The van der Waals surface area contributed by atoms with Crippen LogP contribution in [-0.4, -0.2) is 46.9 Å². The van der Waals surface area contributed by atoms with E-state index in [2.05, 4.69) is 135 Å². The van der Waals surface area contributed by atoms with E-state index in [9.17, 15) is 19.8 Å². The third-order valence-electron chi connectivity index (χ3n) is 10.5.